The maximum Gasteiger partial charge on any atom is 0.0575 e. The molecule has 1 unspecified atom stereocenters. The van der Waals surface area contributed by atoms with Gasteiger partial charge in [-0.1, -0.05) is 97.3 Å². The Hall–Kier alpha value is -0.0800. The van der Waals surface area contributed by atoms with E-state index in [1.807, 2.05) is 0 Å². The van der Waals surface area contributed by atoms with Gasteiger partial charge in [-0.25, -0.2) is 0 Å². The van der Waals surface area contributed by atoms with E-state index in [4.69, 9.17) is 9.84 Å². The van der Waals surface area contributed by atoms with Gasteiger partial charge < -0.3 is 9.84 Å². The predicted molar refractivity (Wildman–Crippen MR) is 107 cm³/mol. The number of unbranched alkanes of at least 4 members (excludes halogenated alkanes) is 12. The van der Waals surface area contributed by atoms with E-state index in [2.05, 4.69) is 13.8 Å². The van der Waals surface area contributed by atoms with Crippen LogP contribution in [-0.4, -0.2) is 24.4 Å². The highest BCUT2D eigenvalue weighted by molar-refractivity contribution is 4.60. The molecule has 0 saturated heterocycles. The van der Waals surface area contributed by atoms with Gasteiger partial charge in [-0.3, -0.25) is 0 Å². The Balaban J connectivity index is 3.64. The van der Waals surface area contributed by atoms with Gasteiger partial charge in [0, 0.05) is 13.2 Å². The molecule has 0 saturated carbocycles. The van der Waals surface area contributed by atoms with Crippen molar-refractivity contribution in [1.29, 1.82) is 0 Å². The van der Waals surface area contributed by atoms with Gasteiger partial charge in [0.1, 0.15) is 0 Å². The van der Waals surface area contributed by atoms with E-state index >= 15 is 0 Å². The molecule has 0 spiro atoms. The molecule has 0 aliphatic heterocycles. The molecule has 0 aliphatic carbocycles. The summed E-state index contributed by atoms with van der Waals surface area (Å²) in [5.74, 6) is 0. The summed E-state index contributed by atoms with van der Waals surface area (Å²) in [6, 6.07) is 0. The molecule has 146 valence electrons. The van der Waals surface area contributed by atoms with Crippen LogP contribution in [0.5, 0.6) is 0 Å². The highest BCUT2D eigenvalue weighted by atomic mass is 16.5. The van der Waals surface area contributed by atoms with Crippen LogP contribution in [0.4, 0.5) is 0 Å². The zero-order chi connectivity index (χ0) is 17.7. The van der Waals surface area contributed by atoms with Crippen molar-refractivity contribution in [2.24, 2.45) is 0 Å². The Morgan fingerprint density at radius 3 is 1.54 bits per heavy atom. The maximum atomic E-state index is 8.79. The van der Waals surface area contributed by atoms with Crippen LogP contribution in [0, 0.1) is 0 Å². The van der Waals surface area contributed by atoms with Crippen molar-refractivity contribution in [3.8, 4) is 0 Å². The fraction of sp³-hybridized carbons (Fsp3) is 1.00. The van der Waals surface area contributed by atoms with Crippen LogP contribution in [0.1, 0.15) is 123 Å². The lowest BCUT2D eigenvalue weighted by Gasteiger charge is -2.18. The molecule has 0 heterocycles. The molecular formula is C22H46O2. The van der Waals surface area contributed by atoms with Gasteiger partial charge in [0.25, 0.3) is 0 Å². The third-order valence-electron chi connectivity index (χ3n) is 4.92. The Morgan fingerprint density at radius 2 is 1.04 bits per heavy atom. The topological polar surface area (TPSA) is 29.5 Å². The average molecular weight is 343 g/mol. The van der Waals surface area contributed by atoms with E-state index in [0.717, 1.165) is 13.0 Å². The first-order chi connectivity index (χ1) is 11.8. The highest BCUT2D eigenvalue weighted by Gasteiger charge is 2.08. The van der Waals surface area contributed by atoms with E-state index in [-0.39, 0.29) is 0 Å². The first kappa shape index (κ1) is 23.9. The smallest absolute Gasteiger partial charge is 0.0575 e. The van der Waals surface area contributed by atoms with Gasteiger partial charge in [0.05, 0.1) is 6.10 Å². The second-order valence-corrected chi connectivity index (χ2v) is 7.39. The molecule has 0 rings (SSSR count). The van der Waals surface area contributed by atoms with Crippen LogP contribution >= 0.6 is 0 Å². The molecule has 0 aromatic heterocycles. The Kier molecular flexibility index (Phi) is 20.9. The summed E-state index contributed by atoms with van der Waals surface area (Å²) in [5.41, 5.74) is 0. The monoisotopic (exact) mass is 342 g/mol. The Morgan fingerprint density at radius 1 is 0.583 bits per heavy atom. The molecule has 24 heavy (non-hydrogen) atoms. The molecule has 1 N–H and O–H groups in total. The molecular weight excluding hydrogens is 296 g/mol. The first-order valence-electron chi connectivity index (χ1n) is 11.1. The van der Waals surface area contributed by atoms with Crippen molar-refractivity contribution < 1.29 is 9.84 Å². The molecule has 0 radical (unpaired) electrons. The van der Waals surface area contributed by atoms with Crippen LogP contribution in [-0.2, 0) is 4.74 Å². The minimum Gasteiger partial charge on any atom is -0.396 e. The largest absolute Gasteiger partial charge is 0.396 e. The number of aliphatic hydroxyl groups is 1. The average Bonchev–Trinajstić information content (AvgIpc) is 2.59. The summed E-state index contributed by atoms with van der Waals surface area (Å²) < 4.78 is 6.14. The third kappa shape index (κ3) is 18.3. The lowest BCUT2D eigenvalue weighted by molar-refractivity contribution is 0.0364. The van der Waals surface area contributed by atoms with Crippen LogP contribution in [0.15, 0.2) is 0 Å². The number of hydrogen-bond acceptors (Lipinski definition) is 2. The van der Waals surface area contributed by atoms with E-state index in [9.17, 15) is 0 Å². The number of hydrogen-bond donors (Lipinski definition) is 1. The van der Waals surface area contributed by atoms with Crippen LogP contribution in [0.3, 0.4) is 0 Å². The zero-order valence-corrected chi connectivity index (χ0v) is 16.9. The predicted octanol–water partition coefficient (Wildman–Crippen LogP) is 7.04. The second kappa shape index (κ2) is 21.0. The molecule has 2 nitrogen and oxygen atoms in total. The minimum absolute atomic E-state index is 0.353. The summed E-state index contributed by atoms with van der Waals surface area (Å²) in [6.45, 7) is 5.83. The van der Waals surface area contributed by atoms with Crippen molar-refractivity contribution in [2.75, 3.05) is 13.2 Å². The number of ether oxygens (including phenoxy) is 1. The van der Waals surface area contributed by atoms with E-state index < -0.39 is 0 Å². The summed E-state index contributed by atoms with van der Waals surface area (Å²) in [7, 11) is 0. The summed E-state index contributed by atoms with van der Waals surface area (Å²) in [4.78, 5) is 0. The summed E-state index contributed by atoms with van der Waals surface area (Å²) in [6.07, 6.45) is 22.6. The van der Waals surface area contributed by atoms with Gasteiger partial charge in [0.2, 0.25) is 0 Å². The van der Waals surface area contributed by atoms with Gasteiger partial charge in [-0.15, -0.1) is 0 Å². The van der Waals surface area contributed by atoms with Crippen molar-refractivity contribution >= 4 is 0 Å². The zero-order valence-electron chi connectivity index (χ0n) is 16.9. The maximum absolute atomic E-state index is 8.79. The molecule has 0 amide bonds. The van der Waals surface area contributed by atoms with E-state index in [0.29, 0.717) is 12.7 Å². The molecule has 0 bridgehead atoms. The Labute approximate surface area is 152 Å². The summed E-state index contributed by atoms with van der Waals surface area (Å²) >= 11 is 0. The molecule has 0 fully saturated rings. The van der Waals surface area contributed by atoms with Gasteiger partial charge in [-0.2, -0.15) is 0 Å². The quantitative estimate of drug-likeness (QED) is 0.240. The molecule has 0 aromatic rings. The van der Waals surface area contributed by atoms with Crippen molar-refractivity contribution in [3.05, 3.63) is 0 Å². The van der Waals surface area contributed by atoms with E-state index in [1.165, 1.54) is 103 Å². The van der Waals surface area contributed by atoms with Crippen molar-refractivity contribution in [2.45, 2.75) is 129 Å². The van der Waals surface area contributed by atoms with Crippen molar-refractivity contribution in [1.82, 2.24) is 0 Å². The van der Waals surface area contributed by atoms with Gasteiger partial charge >= 0.3 is 0 Å². The first-order valence-corrected chi connectivity index (χ1v) is 11.1. The lowest BCUT2D eigenvalue weighted by atomic mass is 10.0. The summed E-state index contributed by atoms with van der Waals surface area (Å²) in [5, 5.41) is 8.79. The standard InChI is InChI=1S/C22H46O2/c1-3-5-7-8-9-12-15-18-22(24-21-6-4-2)19-16-13-10-11-14-17-20-23/h22-23H,3-21H2,1-2H3. The molecule has 0 aliphatic rings. The SMILES string of the molecule is CCCCCCCCCC(CCCCCCCCO)OCCCC. The van der Waals surface area contributed by atoms with E-state index in [1.54, 1.807) is 0 Å². The Bertz CT molecular complexity index is 200. The number of rotatable bonds is 20. The molecule has 1 atom stereocenters. The minimum atomic E-state index is 0.353. The lowest BCUT2D eigenvalue weighted by Crippen LogP contribution is -2.14. The molecule has 2 heteroatoms. The van der Waals surface area contributed by atoms with Gasteiger partial charge in [-0.05, 0) is 25.7 Å². The molecule has 0 aromatic carbocycles. The van der Waals surface area contributed by atoms with Crippen LogP contribution in [0.2, 0.25) is 0 Å². The fourth-order valence-electron chi connectivity index (χ4n) is 3.23. The third-order valence-corrected chi connectivity index (χ3v) is 4.92. The fourth-order valence-corrected chi connectivity index (χ4v) is 3.23. The van der Waals surface area contributed by atoms with Crippen LogP contribution in [0.25, 0.3) is 0 Å². The highest BCUT2D eigenvalue weighted by Crippen LogP contribution is 2.17. The van der Waals surface area contributed by atoms with Gasteiger partial charge in [0.15, 0.2) is 0 Å². The van der Waals surface area contributed by atoms with Crippen LogP contribution < -0.4 is 0 Å². The van der Waals surface area contributed by atoms with Crippen molar-refractivity contribution in [3.63, 3.8) is 0 Å². The second-order valence-electron chi connectivity index (χ2n) is 7.39. The number of aliphatic hydroxyl groups excluding tert-OH is 1. The normalized spacial score (nSPS) is 12.6.